The van der Waals surface area contributed by atoms with Crippen LogP contribution >= 0.6 is 0 Å². The average molecular weight is 287 g/mol. The normalized spacial score (nSPS) is 11.8. The Balaban J connectivity index is 3.87. The van der Waals surface area contributed by atoms with Crippen LogP contribution in [-0.2, 0) is 9.59 Å². The summed E-state index contributed by atoms with van der Waals surface area (Å²) in [5.74, 6) is -1.45. The molecule has 0 saturated carbocycles. The Morgan fingerprint density at radius 3 is 2.20 bits per heavy atom. The van der Waals surface area contributed by atoms with Crippen LogP contribution < -0.4 is 16.0 Å². The molecule has 0 rings (SSSR count). The van der Waals surface area contributed by atoms with Crippen molar-refractivity contribution in [2.75, 3.05) is 19.6 Å². The first-order valence-corrected chi connectivity index (χ1v) is 6.88. The second kappa shape index (κ2) is 10.1. The lowest BCUT2D eigenvalue weighted by molar-refractivity contribution is -0.141. The SMILES string of the molecule is CCCC(CNC(=O)NCC(=O)NCC(C)C)C(=O)O. The molecule has 0 spiro atoms. The van der Waals surface area contributed by atoms with Crippen molar-refractivity contribution >= 4 is 17.9 Å². The largest absolute Gasteiger partial charge is 0.481 e. The van der Waals surface area contributed by atoms with Gasteiger partial charge in [-0.2, -0.15) is 0 Å². The van der Waals surface area contributed by atoms with Crippen molar-refractivity contribution in [1.29, 1.82) is 0 Å². The fraction of sp³-hybridized carbons (Fsp3) is 0.769. The van der Waals surface area contributed by atoms with E-state index in [1.54, 1.807) is 0 Å². The highest BCUT2D eigenvalue weighted by Crippen LogP contribution is 2.04. The second-order valence-corrected chi connectivity index (χ2v) is 5.09. The summed E-state index contributed by atoms with van der Waals surface area (Å²) < 4.78 is 0. The average Bonchev–Trinajstić information content (AvgIpc) is 2.38. The smallest absolute Gasteiger partial charge is 0.315 e. The van der Waals surface area contributed by atoms with E-state index in [1.807, 2.05) is 20.8 Å². The lowest BCUT2D eigenvalue weighted by Crippen LogP contribution is -2.44. The fourth-order valence-corrected chi connectivity index (χ4v) is 1.48. The van der Waals surface area contributed by atoms with Crippen LogP contribution in [0.25, 0.3) is 0 Å². The van der Waals surface area contributed by atoms with E-state index in [0.29, 0.717) is 18.9 Å². The van der Waals surface area contributed by atoms with Gasteiger partial charge in [0, 0.05) is 13.1 Å². The molecule has 0 aromatic heterocycles. The van der Waals surface area contributed by atoms with E-state index in [-0.39, 0.29) is 19.0 Å². The van der Waals surface area contributed by atoms with E-state index in [4.69, 9.17) is 5.11 Å². The van der Waals surface area contributed by atoms with Crippen molar-refractivity contribution in [3.8, 4) is 0 Å². The highest BCUT2D eigenvalue weighted by Gasteiger charge is 2.17. The molecule has 20 heavy (non-hydrogen) atoms. The van der Waals surface area contributed by atoms with E-state index in [2.05, 4.69) is 16.0 Å². The van der Waals surface area contributed by atoms with Crippen LogP contribution in [0, 0.1) is 11.8 Å². The molecular weight excluding hydrogens is 262 g/mol. The minimum Gasteiger partial charge on any atom is -0.481 e. The Kier molecular flexibility index (Phi) is 9.15. The first kappa shape index (κ1) is 18.2. The minimum absolute atomic E-state index is 0.0582. The van der Waals surface area contributed by atoms with Crippen molar-refractivity contribution < 1.29 is 19.5 Å². The predicted octanol–water partition coefficient (Wildman–Crippen LogP) is 0.559. The molecule has 7 nitrogen and oxygen atoms in total. The monoisotopic (exact) mass is 287 g/mol. The van der Waals surface area contributed by atoms with E-state index in [1.165, 1.54) is 0 Å². The zero-order chi connectivity index (χ0) is 15.5. The molecule has 0 aromatic carbocycles. The number of carbonyl (C=O) groups excluding carboxylic acids is 2. The number of amides is 3. The molecule has 1 unspecified atom stereocenters. The molecule has 1 atom stereocenters. The molecule has 0 saturated heterocycles. The van der Waals surface area contributed by atoms with Crippen LogP contribution in [0.4, 0.5) is 4.79 Å². The number of aliphatic carboxylic acids is 1. The summed E-state index contributed by atoms with van der Waals surface area (Å²) in [4.78, 5) is 33.7. The van der Waals surface area contributed by atoms with Gasteiger partial charge in [0.2, 0.25) is 5.91 Å². The van der Waals surface area contributed by atoms with Crippen LogP contribution in [0.3, 0.4) is 0 Å². The zero-order valence-electron chi connectivity index (χ0n) is 12.4. The van der Waals surface area contributed by atoms with Gasteiger partial charge in [0.25, 0.3) is 0 Å². The van der Waals surface area contributed by atoms with Gasteiger partial charge in [0.15, 0.2) is 0 Å². The summed E-state index contributed by atoms with van der Waals surface area (Å²) in [5.41, 5.74) is 0. The van der Waals surface area contributed by atoms with Gasteiger partial charge in [-0.05, 0) is 12.3 Å². The maximum absolute atomic E-state index is 11.4. The molecule has 7 heteroatoms. The van der Waals surface area contributed by atoms with Gasteiger partial charge >= 0.3 is 12.0 Å². The molecule has 0 bridgehead atoms. The highest BCUT2D eigenvalue weighted by molar-refractivity contribution is 5.84. The van der Waals surface area contributed by atoms with Crippen LogP contribution in [0.2, 0.25) is 0 Å². The lowest BCUT2D eigenvalue weighted by atomic mass is 10.0. The number of rotatable bonds is 9. The van der Waals surface area contributed by atoms with Gasteiger partial charge in [0.1, 0.15) is 0 Å². The molecule has 0 radical (unpaired) electrons. The molecular formula is C13H25N3O4. The number of carboxylic acid groups (broad SMARTS) is 1. The number of urea groups is 1. The Bertz CT molecular complexity index is 332. The fourth-order valence-electron chi connectivity index (χ4n) is 1.48. The van der Waals surface area contributed by atoms with Crippen molar-refractivity contribution in [2.45, 2.75) is 33.6 Å². The number of hydrogen-bond acceptors (Lipinski definition) is 3. The predicted molar refractivity (Wildman–Crippen MR) is 75.3 cm³/mol. The highest BCUT2D eigenvalue weighted by atomic mass is 16.4. The van der Waals surface area contributed by atoms with E-state index >= 15 is 0 Å². The Morgan fingerprint density at radius 2 is 1.70 bits per heavy atom. The second-order valence-electron chi connectivity index (χ2n) is 5.09. The Labute approximate surface area is 119 Å². The summed E-state index contributed by atoms with van der Waals surface area (Å²) in [5, 5.41) is 16.4. The third-order valence-corrected chi connectivity index (χ3v) is 2.61. The molecule has 0 aliphatic rings. The van der Waals surface area contributed by atoms with Gasteiger partial charge in [-0.3, -0.25) is 9.59 Å². The molecule has 0 fully saturated rings. The lowest BCUT2D eigenvalue weighted by Gasteiger charge is -2.13. The Morgan fingerprint density at radius 1 is 1.05 bits per heavy atom. The van der Waals surface area contributed by atoms with Gasteiger partial charge in [-0.25, -0.2) is 4.79 Å². The molecule has 0 aliphatic carbocycles. The Hall–Kier alpha value is -1.79. The molecule has 4 N–H and O–H groups in total. The van der Waals surface area contributed by atoms with Crippen LogP contribution in [-0.4, -0.2) is 42.6 Å². The number of nitrogens with one attached hydrogen (secondary N) is 3. The summed E-state index contributed by atoms with van der Waals surface area (Å²) in [7, 11) is 0. The van der Waals surface area contributed by atoms with Crippen LogP contribution in [0.5, 0.6) is 0 Å². The van der Waals surface area contributed by atoms with E-state index in [0.717, 1.165) is 6.42 Å². The van der Waals surface area contributed by atoms with Gasteiger partial charge in [0.05, 0.1) is 12.5 Å². The first-order valence-electron chi connectivity index (χ1n) is 6.88. The minimum atomic E-state index is -0.929. The molecule has 0 aliphatic heterocycles. The maximum atomic E-state index is 11.4. The maximum Gasteiger partial charge on any atom is 0.315 e. The van der Waals surface area contributed by atoms with Crippen molar-refractivity contribution in [1.82, 2.24) is 16.0 Å². The van der Waals surface area contributed by atoms with Gasteiger partial charge in [-0.15, -0.1) is 0 Å². The van der Waals surface area contributed by atoms with Gasteiger partial charge < -0.3 is 21.1 Å². The summed E-state index contributed by atoms with van der Waals surface area (Å²) >= 11 is 0. The van der Waals surface area contributed by atoms with Gasteiger partial charge in [-0.1, -0.05) is 27.2 Å². The third-order valence-electron chi connectivity index (χ3n) is 2.61. The molecule has 116 valence electrons. The zero-order valence-corrected chi connectivity index (χ0v) is 12.4. The summed E-state index contributed by atoms with van der Waals surface area (Å²) in [6.07, 6.45) is 1.24. The molecule has 0 heterocycles. The molecule has 3 amide bonds. The third kappa shape index (κ3) is 9.18. The van der Waals surface area contributed by atoms with Crippen LogP contribution in [0.15, 0.2) is 0 Å². The number of carboxylic acids is 1. The summed E-state index contributed by atoms with van der Waals surface area (Å²) in [6.45, 7) is 6.32. The van der Waals surface area contributed by atoms with Crippen molar-refractivity contribution in [3.63, 3.8) is 0 Å². The topological polar surface area (TPSA) is 108 Å². The van der Waals surface area contributed by atoms with E-state index in [9.17, 15) is 14.4 Å². The summed E-state index contributed by atoms with van der Waals surface area (Å²) in [6, 6.07) is -0.535. The number of hydrogen-bond donors (Lipinski definition) is 4. The van der Waals surface area contributed by atoms with Crippen LogP contribution in [0.1, 0.15) is 33.6 Å². The standard InChI is InChI=1S/C13H25N3O4/c1-4-5-10(12(18)19)7-15-13(20)16-8-11(17)14-6-9(2)3/h9-10H,4-8H2,1-3H3,(H,14,17)(H,18,19)(H2,15,16,20). The van der Waals surface area contributed by atoms with Crippen molar-refractivity contribution in [3.05, 3.63) is 0 Å². The number of carbonyl (C=O) groups is 3. The van der Waals surface area contributed by atoms with E-state index < -0.39 is 17.9 Å². The first-order chi connectivity index (χ1) is 9.36. The van der Waals surface area contributed by atoms with Crippen molar-refractivity contribution in [2.24, 2.45) is 11.8 Å². The molecule has 0 aromatic rings. The quantitative estimate of drug-likeness (QED) is 0.497.